The van der Waals surface area contributed by atoms with E-state index in [0.717, 1.165) is 6.42 Å². The van der Waals surface area contributed by atoms with Crippen LogP contribution < -0.4 is 5.32 Å². The van der Waals surface area contributed by atoms with Crippen molar-refractivity contribution < 1.29 is 14.7 Å². The lowest BCUT2D eigenvalue weighted by molar-refractivity contribution is -0.141. The summed E-state index contributed by atoms with van der Waals surface area (Å²) in [5.41, 5.74) is -0.267. The second kappa shape index (κ2) is 6.47. The van der Waals surface area contributed by atoms with Gasteiger partial charge in [0.05, 0.1) is 5.92 Å². The van der Waals surface area contributed by atoms with Crippen molar-refractivity contribution in [2.45, 2.75) is 46.6 Å². The molecule has 2 amide bonds. The molecule has 0 aliphatic carbocycles. The largest absolute Gasteiger partial charge is 0.481 e. The van der Waals surface area contributed by atoms with Gasteiger partial charge in [0.15, 0.2) is 0 Å². The third-order valence-corrected chi connectivity index (χ3v) is 2.91. The molecule has 2 N–H and O–H groups in total. The maximum atomic E-state index is 11.9. The predicted octanol–water partition coefficient (Wildman–Crippen LogP) is 1.93. The van der Waals surface area contributed by atoms with Gasteiger partial charge in [0.25, 0.3) is 0 Å². The lowest BCUT2D eigenvalue weighted by atomic mass is 10.0. The van der Waals surface area contributed by atoms with E-state index in [-0.39, 0.29) is 18.1 Å². The van der Waals surface area contributed by atoms with Gasteiger partial charge in [-0.2, -0.15) is 0 Å². The third kappa shape index (κ3) is 5.56. The molecule has 0 bridgehead atoms. The molecule has 1 unspecified atom stereocenters. The molecule has 0 saturated heterocycles. The molecular weight excluding hydrogens is 220 g/mol. The average Bonchev–Trinajstić information content (AvgIpc) is 2.24. The number of nitrogens with zero attached hydrogens (tertiary/aromatic N) is 1. The summed E-state index contributed by atoms with van der Waals surface area (Å²) in [6.45, 7) is 10.1. The Morgan fingerprint density at radius 2 is 1.88 bits per heavy atom. The summed E-state index contributed by atoms with van der Waals surface area (Å²) in [4.78, 5) is 24.2. The first kappa shape index (κ1) is 15.7. The zero-order chi connectivity index (χ0) is 13.6. The molecule has 0 aromatic rings. The number of urea groups is 1. The highest BCUT2D eigenvalue weighted by Gasteiger charge is 2.23. The molecule has 0 aliphatic heterocycles. The number of amides is 2. The molecule has 0 saturated carbocycles. The van der Waals surface area contributed by atoms with Gasteiger partial charge in [-0.05, 0) is 27.2 Å². The molecule has 1 atom stereocenters. The van der Waals surface area contributed by atoms with Gasteiger partial charge < -0.3 is 15.3 Å². The van der Waals surface area contributed by atoms with Crippen LogP contribution in [0.4, 0.5) is 4.79 Å². The van der Waals surface area contributed by atoms with Crippen LogP contribution in [0.2, 0.25) is 0 Å². The molecule has 17 heavy (non-hydrogen) atoms. The van der Waals surface area contributed by atoms with Gasteiger partial charge in [0.2, 0.25) is 0 Å². The van der Waals surface area contributed by atoms with Crippen molar-refractivity contribution in [2.24, 2.45) is 5.92 Å². The average molecular weight is 244 g/mol. The summed E-state index contributed by atoms with van der Waals surface area (Å²) in [6.07, 6.45) is 0.824. The van der Waals surface area contributed by atoms with Crippen LogP contribution in [0.25, 0.3) is 0 Å². The minimum absolute atomic E-state index is 0.201. The van der Waals surface area contributed by atoms with E-state index in [1.54, 1.807) is 6.92 Å². The maximum Gasteiger partial charge on any atom is 0.317 e. The van der Waals surface area contributed by atoms with Crippen LogP contribution in [0.3, 0.4) is 0 Å². The SMILES string of the molecule is CCN(CC(C)C(=O)O)C(=O)NC(C)(C)CC. The molecule has 0 spiro atoms. The molecular formula is C12H24N2O3. The molecule has 0 heterocycles. The van der Waals surface area contributed by atoms with E-state index in [0.29, 0.717) is 6.54 Å². The van der Waals surface area contributed by atoms with Crippen LogP contribution in [0.5, 0.6) is 0 Å². The molecule has 0 rings (SSSR count). The molecule has 0 aliphatic rings. The summed E-state index contributed by atoms with van der Waals surface area (Å²) in [6, 6.07) is -0.201. The number of carbonyl (C=O) groups is 2. The van der Waals surface area contributed by atoms with Crippen molar-refractivity contribution in [1.82, 2.24) is 10.2 Å². The van der Waals surface area contributed by atoms with Gasteiger partial charge in [-0.15, -0.1) is 0 Å². The van der Waals surface area contributed by atoms with Crippen molar-refractivity contribution in [2.75, 3.05) is 13.1 Å². The Bertz CT molecular complexity index is 277. The van der Waals surface area contributed by atoms with Gasteiger partial charge in [-0.25, -0.2) is 4.79 Å². The second-order valence-electron chi connectivity index (χ2n) is 4.95. The lowest BCUT2D eigenvalue weighted by Crippen LogP contribution is -2.51. The fraction of sp³-hybridized carbons (Fsp3) is 0.833. The minimum Gasteiger partial charge on any atom is -0.481 e. The maximum absolute atomic E-state index is 11.9. The smallest absolute Gasteiger partial charge is 0.317 e. The second-order valence-corrected chi connectivity index (χ2v) is 4.95. The Kier molecular flexibility index (Phi) is 5.99. The number of carbonyl (C=O) groups excluding carboxylic acids is 1. The number of carboxylic acids is 1. The number of rotatable bonds is 6. The normalized spacial score (nSPS) is 13.0. The number of carboxylic acid groups (broad SMARTS) is 1. The monoisotopic (exact) mass is 244 g/mol. The van der Waals surface area contributed by atoms with Crippen molar-refractivity contribution >= 4 is 12.0 Å². The van der Waals surface area contributed by atoms with Crippen LogP contribution in [-0.4, -0.2) is 40.6 Å². The van der Waals surface area contributed by atoms with Crippen molar-refractivity contribution in [3.63, 3.8) is 0 Å². The molecule has 5 nitrogen and oxygen atoms in total. The third-order valence-electron chi connectivity index (χ3n) is 2.91. The van der Waals surface area contributed by atoms with Crippen LogP contribution in [-0.2, 0) is 4.79 Å². The number of hydrogen-bond donors (Lipinski definition) is 2. The van der Waals surface area contributed by atoms with E-state index in [1.807, 2.05) is 27.7 Å². The Labute approximate surface area is 103 Å². The van der Waals surface area contributed by atoms with E-state index >= 15 is 0 Å². The van der Waals surface area contributed by atoms with Gasteiger partial charge in [0.1, 0.15) is 0 Å². The summed E-state index contributed by atoms with van der Waals surface area (Å²) >= 11 is 0. The van der Waals surface area contributed by atoms with Crippen molar-refractivity contribution in [3.05, 3.63) is 0 Å². The van der Waals surface area contributed by atoms with E-state index < -0.39 is 11.9 Å². The Morgan fingerprint density at radius 1 is 1.35 bits per heavy atom. The van der Waals surface area contributed by atoms with Crippen LogP contribution in [0, 0.1) is 5.92 Å². The van der Waals surface area contributed by atoms with E-state index in [4.69, 9.17) is 5.11 Å². The van der Waals surface area contributed by atoms with Crippen molar-refractivity contribution in [1.29, 1.82) is 0 Å². The molecule has 0 radical (unpaired) electrons. The first-order chi connectivity index (χ1) is 7.73. The quantitative estimate of drug-likeness (QED) is 0.750. The molecule has 0 fully saturated rings. The van der Waals surface area contributed by atoms with Crippen LogP contribution in [0.1, 0.15) is 41.0 Å². The van der Waals surface area contributed by atoms with Gasteiger partial charge in [-0.1, -0.05) is 13.8 Å². The van der Waals surface area contributed by atoms with Gasteiger partial charge >= 0.3 is 12.0 Å². The Morgan fingerprint density at radius 3 is 2.24 bits per heavy atom. The topological polar surface area (TPSA) is 69.6 Å². The summed E-state index contributed by atoms with van der Waals surface area (Å²) in [7, 11) is 0. The number of aliphatic carboxylic acids is 1. The van der Waals surface area contributed by atoms with E-state index in [1.165, 1.54) is 4.90 Å². The van der Waals surface area contributed by atoms with Crippen LogP contribution in [0.15, 0.2) is 0 Å². The fourth-order valence-electron chi connectivity index (χ4n) is 1.22. The lowest BCUT2D eigenvalue weighted by Gasteiger charge is -2.30. The van der Waals surface area contributed by atoms with E-state index in [9.17, 15) is 9.59 Å². The van der Waals surface area contributed by atoms with Crippen molar-refractivity contribution in [3.8, 4) is 0 Å². The summed E-state index contributed by atoms with van der Waals surface area (Å²) in [5.74, 6) is -1.43. The fourth-order valence-corrected chi connectivity index (χ4v) is 1.22. The zero-order valence-corrected chi connectivity index (χ0v) is 11.4. The first-order valence-electron chi connectivity index (χ1n) is 6.03. The predicted molar refractivity (Wildman–Crippen MR) is 66.9 cm³/mol. The first-order valence-corrected chi connectivity index (χ1v) is 6.03. The van der Waals surface area contributed by atoms with E-state index in [2.05, 4.69) is 5.32 Å². The highest BCUT2D eigenvalue weighted by Crippen LogP contribution is 2.09. The van der Waals surface area contributed by atoms with Crippen LogP contribution >= 0.6 is 0 Å². The summed E-state index contributed by atoms with van der Waals surface area (Å²) < 4.78 is 0. The van der Waals surface area contributed by atoms with Gasteiger partial charge in [0, 0.05) is 18.6 Å². The Balaban J connectivity index is 4.46. The molecule has 100 valence electrons. The van der Waals surface area contributed by atoms with Gasteiger partial charge in [-0.3, -0.25) is 4.79 Å². The molecule has 5 heteroatoms. The minimum atomic E-state index is -0.883. The number of nitrogens with one attached hydrogen (secondary N) is 1. The standard InChI is InChI=1S/C12H24N2O3/c1-6-12(4,5)13-11(17)14(7-2)8-9(3)10(15)16/h9H,6-8H2,1-5H3,(H,13,17)(H,15,16). The highest BCUT2D eigenvalue weighted by molar-refractivity contribution is 5.76. The molecule has 0 aromatic heterocycles. The molecule has 0 aromatic carbocycles. The Hall–Kier alpha value is -1.26. The number of hydrogen-bond acceptors (Lipinski definition) is 2. The highest BCUT2D eigenvalue weighted by atomic mass is 16.4. The summed E-state index contributed by atoms with van der Waals surface area (Å²) in [5, 5.41) is 11.7. The zero-order valence-electron chi connectivity index (χ0n) is 11.4.